The maximum Gasteiger partial charge on any atom is 0.327 e. The lowest BCUT2D eigenvalue weighted by Gasteiger charge is -2.26. The summed E-state index contributed by atoms with van der Waals surface area (Å²) in [5, 5.41) is 10.3. The summed E-state index contributed by atoms with van der Waals surface area (Å²) in [6, 6.07) is 8.95. The van der Waals surface area contributed by atoms with Crippen LogP contribution in [0, 0.1) is 0 Å². The molecule has 1 N–H and O–H groups in total. The van der Waals surface area contributed by atoms with Crippen LogP contribution in [0.4, 0.5) is 0 Å². The Kier molecular flexibility index (Phi) is 3.91. The molecule has 1 aromatic heterocycles. The van der Waals surface area contributed by atoms with Crippen molar-refractivity contribution in [2.45, 2.75) is 24.8 Å². The van der Waals surface area contributed by atoms with Gasteiger partial charge in [0.1, 0.15) is 6.04 Å². The zero-order valence-corrected chi connectivity index (χ0v) is 13.1. The van der Waals surface area contributed by atoms with E-state index in [1.165, 1.54) is 16.2 Å². The van der Waals surface area contributed by atoms with Crippen LogP contribution in [0.25, 0.3) is 10.1 Å². The molecule has 1 fully saturated rings. The first kappa shape index (κ1) is 14.4. The van der Waals surface area contributed by atoms with Crippen LogP contribution in [0.1, 0.15) is 23.0 Å². The lowest BCUT2D eigenvalue weighted by Crippen LogP contribution is -2.45. The molecule has 0 bridgehead atoms. The van der Waals surface area contributed by atoms with Crippen molar-refractivity contribution >= 4 is 45.1 Å². The quantitative estimate of drug-likeness (QED) is 0.942. The van der Waals surface area contributed by atoms with Gasteiger partial charge in [0, 0.05) is 10.5 Å². The lowest BCUT2D eigenvalue weighted by atomic mass is 10.2. The number of amides is 1. The van der Waals surface area contributed by atoms with E-state index >= 15 is 0 Å². The molecule has 1 saturated heterocycles. The number of rotatable bonds is 3. The zero-order valence-electron chi connectivity index (χ0n) is 11.5. The van der Waals surface area contributed by atoms with E-state index in [2.05, 4.69) is 0 Å². The average Bonchev–Trinajstić information content (AvgIpc) is 3.09. The number of carboxylic acid groups (broad SMARTS) is 1. The summed E-state index contributed by atoms with van der Waals surface area (Å²) in [5.74, 6) is -0.627. The van der Waals surface area contributed by atoms with Crippen molar-refractivity contribution in [3.8, 4) is 0 Å². The number of nitrogens with zero attached hydrogens (tertiary/aromatic N) is 1. The molecule has 6 heteroatoms. The van der Waals surface area contributed by atoms with E-state index in [1.807, 2.05) is 37.3 Å². The molecule has 2 aromatic rings. The van der Waals surface area contributed by atoms with Crippen LogP contribution in [-0.4, -0.2) is 39.1 Å². The Morgan fingerprint density at radius 3 is 2.81 bits per heavy atom. The number of carbonyl (C=O) groups excluding carboxylic acids is 1. The fourth-order valence-corrected chi connectivity index (χ4v) is 4.91. The normalized spacial score (nSPS) is 21.9. The van der Waals surface area contributed by atoms with Crippen molar-refractivity contribution < 1.29 is 14.7 Å². The Hall–Kier alpha value is -1.53. The maximum absolute atomic E-state index is 12.8. The predicted molar refractivity (Wildman–Crippen MR) is 86.0 cm³/mol. The molecule has 3 rings (SSSR count). The first-order valence-corrected chi connectivity index (χ1v) is 8.64. The fourth-order valence-electron chi connectivity index (χ4n) is 2.56. The van der Waals surface area contributed by atoms with Crippen molar-refractivity contribution in [2.24, 2.45) is 0 Å². The predicted octanol–water partition coefficient (Wildman–Crippen LogP) is 3.28. The molecule has 21 heavy (non-hydrogen) atoms. The summed E-state index contributed by atoms with van der Waals surface area (Å²) in [7, 11) is 0. The van der Waals surface area contributed by atoms with Gasteiger partial charge in [0.15, 0.2) is 0 Å². The topological polar surface area (TPSA) is 57.6 Å². The average molecular weight is 321 g/mol. The molecule has 0 radical (unpaired) electrons. The Balaban J connectivity index is 1.96. The van der Waals surface area contributed by atoms with E-state index in [0.29, 0.717) is 10.6 Å². The number of hydrogen-bond donors (Lipinski definition) is 1. The molecule has 2 atom stereocenters. The largest absolute Gasteiger partial charge is 0.480 e. The third-order valence-electron chi connectivity index (χ3n) is 3.60. The van der Waals surface area contributed by atoms with Crippen LogP contribution in [0.5, 0.6) is 0 Å². The second kappa shape index (κ2) is 5.69. The lowest BCUT2D eigenvalue weighted by molar-refractivity contribution is -0.141. The minimum atomic E-state index is -0.923. The molecular weight excluding hydrogens is 306 g/mol. The Morgan fingerprint density at radius 1 is 1.38 bits per heavy atom. The molecule has 1 aromatic carbocycles. The highest BCUT2D eigenvalue weighted by Gasteiger charge is 2.41. The van der Waals surface area contributed by atoms with E-state index in [9.17, 15) is 14.7 Å². The van der Waals surface area contributed by atoms with E-state index in [-0.39, 0.29) is 11.3 Å². The smallest absolute Gasteiger partial charge is 0.327 e. The fraction of sp³-hybridized carbons (Fsp3) is 0.333. The monoisotopic (exact) mass is 321 g/mol. The van der Waals surface area contributed by atoms with Crippen LogP contribution < -0.4 is 0 Å². The van der Waals surface area contributed by atoms with Gasteiger partial charge >= 0.3 is 5.97 Å². The minimum Gasteiger partial charge on any atom is -0.480 e. The number of carboxylic acids is 1. The van der Waals surface area contributed by atoms with Crippen molar-refractivity contribution in [2.75, 3.05) is 5.75 Å². The number of thiophene rings is 1. The van der Waals surface area contributed by atoms with E-state index < -0.39 is 12.0 Å². The van der Waals surface area contributed by atoms with Crippen molar-refractivity contribution in [1.29, 1.82) is 0 Å². The van der Waals surface area contributed by atoms with Gasteiger partial charge in [-0.2, -0.15) is 0 Å². The van der Waals surface area contributed by atoms with E-state index in [1.54, 1.807) is 11.8 Å². The van der Waals surface area contributed by atoms with Crippen molar-refractivity contribution in [1.82, 2.24) is 4.90 Å². The molecule has 0 aliphatic carbocycles. The molecule has 1 aliphatic heterocycles. The minimum absolute atomic E-state index is 0.0520. The molecule has 2 heterocycles. The number of benzene rings is 1. The summed E-state index contributed by atoms with van der Waals surface area (Å²) < 4.78 is 1.05. The van der Waals surface area contributed by atoms with Crippen LogP contribution in [0.15, 0.2) is 30.3 Å². The van der Waals surface area contributed by atoms with Crippen LogP contribution >= 0.6 is 23.1 Å². The molecule has 0 spiro atoms. The van der Waals surface area contributed by atoms with Gasteiger partial charge in [0.25, 0.3) is 5.91 Å². The molecule has 110 valence electrons. The van der Waals surface area contributed by atoms with Gasteiger partial charge < -0.3 is 10.0 Å². The summed E-state index contributed by atoms with van der Waals surface area (Å²) in [5.41, 5.74) is 0. The van der Waals surface area contributed by atoms with Crippen molar-refractivity contribution in [3.63, 3.8) is 0 Å². The highest BCUT2D eigenvalue weighted by Crippen LogP contribution is 2.35. The number of carbonyl (C=O) groups is 2. The number of hydrogen-bond acceptors (Lipinski definition) is 4. The zero-order chi connectivity index (χ0) is 15.0. The van der Waals surface area contributed by atoms with Crippen LogP contribution in [0.2, 0.25) is 0 Å². The van der Waals surface area contributed by atoms with Gasteiger partial charge in [-0.25, -0.2) is 4.79 Å². The van der Waals surface area contributed by atoms with E-state index in [0.717, 1.165) is 16.5 Å². The first-order valence-electron chi connectivity index (χ1n) is 6.77. The molecule has 1 amide bonds. The third kappa shape index (κ3) is 2.53. The number of thioether (sulfide) groups is 1. The Morgan fingerprint density at radius 2 is 2.14 bits per heavy atom. The van der Waals surface area contributed by atoms with Crippen LogP contribution in [-0.2, 0) is 4.79 Å². The summed E-state index contributed by atoms with van der Waals surface area (Å²) in [6.07, 6.45) is 0.755. The third-order valence-corrected chi connectivity index (χ3v) is 6.16. The maximum atomic E-state index is 12.8. The SMILES string of the molecule is CCC1SCC(C(=O)O)N1C(=O)c1cc2ccccc2s1. The number of aliphatic carboxylic acids is 1. The molecule has 1 aliphatic rings. The van der Waals surface area contributed by atoms with Gasteiger partial charge in [-0.05, 0) is 23.9 Å². The van der Waals surface area contributed by atoms with Gasteiger partial charge in [-0.15, -0.1) is 23.1 Å². The standard InChI is InChI=1S/C15H15NO3S2/c1-2-13-16(10(8-20-13)15(18)19)14(17)12-7-9-5-3-4-6-11(9)21-12/h3-7,10,13H,2,8H2,1H3,(H,18,19). The first-order chi connectivity index (χ1) is 10.1. The Labute approximate surface area is 130 Å². The highest BCUT2D eigenvalue weighted by atomic mass is 32.2. The van der Waals surface area contributed by atoms with Gasteiger partial charge in [-0.3, -0.25) is 4.79 Å². The molecule has 4 nitrogen and oxygen atoms in total. The second-order valence-corrected chi connectivity index (χ2v) is 7.21. The number of fused-ring (bicyclic) bond motifs is 1. The summed E-state index contributed by atoms with van der Waals surface area (Å²) in [4.78, 5) is 26.3. The molecule has 2 unspecified atom stereocenters. The molecule has 0 saturated carbocycles. The Bertz CT molecular complexity index is 664. The van der Waals surface area contributed by atoms with Crippen molar-refractivity contribution in [3.05, 3.63) is 35.2 Å². The van der Waals surface area contributed by atoms with Crippen LogP contribution in [0.3, 0.4) is 0 Å². The highest BCUT2D eigenvalue weighted by molar-refractivity contribution is 8.00. The molecular formula is C15H15NO3S2. The van der Waals surface area contributed by atoms with Gasteiger partial charge in [0.05, 0.1) is 10.3 Å². The van der Waals surface area contributed by atoms with Gasteiger partial charge in [0.2, 0.25) is 0 Å². The van der Waals surface area contributed by atoms with E-state index in [4.69, 9.17) is 0 Å². The van der Waals surface area contributed by atoms with Gasteiger partial charge in [-0.1, -0.05) is 25.1 Å². The second-order valence-electron chi connectivity index (χ2n) is 4.91. The summed E-state index contributed by atoms with van der Waals surface area (Å²) >= 11 is 2.97. The summed E-state index contributed by atoms with van der Waals surface area (Å²) in [6.45, 7) is 1.98.